The third kappa shape index (κ3) is 3.77. The predicted octanol–water partition coefficient (Wildman–Crippen LogP) is 1.83. The van der Waals surface area contributed by atoms with Crippen LogP contribution < -0.4 is 11.1 Å². The molecular weight excluding hydrogens is 272 g/mol. The largest absolute Gasteiger partial charge is 0.320 e. The zero-order valence-corrected chi connectivity index (χ0v) is 13.3. The van der Waals surface area contributed by atoms with Crippen molar-refractivity contribution in [3.63, 3.8) is 0 Å². The third-order valence-corrected chi connectivity index (χ3v) is 4.55. The minimum atomic E-state index is -0.455. The minimum Gasteiger partial charge on any atom is -0.320 e. The van der Waals surface area contributed by atoms with Gasteiger partial charge in [0.05, 0.1) is 11.7 Å². The molecule has 0 saturated carbocycles. The number of hydrogen-bond acceptors (Lipinski definition) is 5. The van der Waals surface area contributed by atoms with Crippen LogP contribution >= 0.6 is 11.3 Å². The molecule has 0 saturated heterocycles. The smallest absolute Gasteiger partial charge is 0.243 e. The summed E-state index contributed by atoms with van der Waals surface area (Å²) in [6.07, 6.45) is 1.66. The summed E-state index contributed by atoms with van der Waals surface area (Å²) in [4.78, 5) is 20.2. The number of nitrogens with zero attached hydrogens (tertiary/aromatic N) is 2. The van der Waals surface area contributed by atoms with E-state index in [9.17, 15) is 4.79 Å². The fourth-order valence-corrected chi connectivity index (χ4v) is 3.44. The molecule has 0 spiro atoms. The van der Waals surface area contributed by atoms with Gasteiger partial charge in [-0.2, -0.15) is 0 Å². The second kappa shape index (κ2) is 6.65. The molecule has 20 heavy (non-hydrogen) atoms. The fourth-order valence-electron chi connectivity index (χ4n) is 2.38. The first-order valence-electron chi connectivity index (χ1n) is 7.27. The fraction of sp³-hybridized carbons (Fsp3) is 0.714. The number of nitrogens with one attached hydrogen (secondary N) is 1. The topological polar surface area (TPSA) is 71.2 Å². The Morgan fingerprint density at radius 2 is 2.30 bits per heavy atom. The van der Waals surface area contributed by atoms with E-state index in [-0.39, 0.29) is 5.91 Å². The molecule has 6 heteroatoms. The van der Waals surface area contributed by atoms with Crippen LogP contribution in [0.4, 0.5) is 5.13 Å². The Morgan fingerprint density at radius 3 is 2.95 bits per heavy atom. The highest BCUT2D eigenvalue weighted by Gasteiger charge is 2.22. The van der Waals surface area contributed by atoms with E-state index in [4.69, 9.17) is 5.73 Å². The molecule has 3 N–H and O–H groups in total. The first-order chi connectivity index (χ1) is 9.49. The lowest BCUT2D eigenvalue weighted by atomic mass is 10.0. The van der Waals surface area contributed by atoms with Gasteiger partial charge in [-0.3, -0.25) is 9.69 Å². The number of carbonyl (C=O) groups excluding carboxylic acids is 1. The van der Waals surface area contributed by atoms with Crippen LogP contribution in [-0.4, -0.2) is 34.9 Å². The molecule has 1 aromatic rings. The van der Waals surface area contributed by atoms with E-state index in [2.05, 4.69) is 36.0 Å². The number of fused-ring (bicyclic) bond motifs is 1. The number of anilines is 1. The molecule has 0 fully saturated rings. The first-order valence-corrected chi connectivity index (χ1v) is 8.08. The highest BCUT2D eigenvalue weighted by atomic mass is 32.1. The molecule has 112 valence electrons. The Balaban J connectivity index is 1.98. The van der Waals surface area contributed by atoms with E-state index in [1.807, 2.05) is 0 Å². The molecule has 2 heterocycles. The summed E-state index contributed by atoms with van der Waals surface area (Å²) in [7, 11) is 0. The monoisotopic (exact) mass is 296 g/mol. The summed E-state index contributed by atoms with van der Waals surface area (Å²) in [6, 6.07) is -0.455. The lowest BCUT2D eigenvalue weighted by Crippen LogP contribution is -2.36. The average molecular weight is 296 g/mol. The van der Waals surface area contributed by atoms with Gasteiger partial charge in [-0.1, -0.05) is 20.8 Å². The van der Waals surface area contributed by atoms with E-state index >= 15 is 0 Å². The SMILES string of the molecule is CCN1CCc2nc(NC(=O)[C@@H](N)CC(C)C)sc2C1. The maximum absolute atomic E-state index is 12.0. The van der Waals surface area contributed by atoms with E-state index in [1.54, 1.807) is 11.3 Å². The van der Waals surface area contributed by atoms with Crippen LogP contribution in [0.15, 0.2) is 0 Å². The lowest BCUT2D eigenvalue weighted by molar-refractivity contribution is -0.117. The van der Waals surface area contributed by atoms with Crippen molar-refractivity contribution in [2.75, 3.05) is 18.4 Å². The van der Waals surface area contributed by atoms with Gasteiger partial charge in [0.2, 0.25) is 5.91 Å². The van der Waals surface area contributed by atoms with Crippen LogP contribution in [-0.2, 0) is 17.8 Å². The number of carbonyl (C=O) groups is 1. The van der Waals surface area contributed by atoms with E-state index in [0.717, 1.165) is 31.7 Å². The number of rotatable bonds is 5. The Bertz CT molecular complexity index is 472. The number of likely N-dealkylation sites (N-methyl/N-ethyl adjacent to an activating group) is 1. The molecule has 1 aromatic heterocycles. The second-order valence-electron chi connectivity index (χ2n) is 5.73. The van der Waals surface area contributed by atoms with Gasteiger partial charge in [-0.25, -0.2) is 4.98 Å². The van der Waals surface area contributed by atoms with Gasteiger partial charge in [-0.15, -0.1) is 11.3 Å². The Kier molecular flexibility index (Phi) is 5.12. The molecule has 0 unspecified atom stereocenters. The molecule has 0 bridgehead atoms. The Labute approximate surface area is 124 Å². The van der Waals surface area contributed by atoms with Gasteiger partial charge in [0, 0.05) is 24.4 Å². The highest BCUT2D eigenvalue weighted by Crippen LogP contribution is 2.28. The Morgan fingerprint density at radius 1 is 1.55 bits per heavy atom. The van der Waals surface area contributed by atoms with Crippen molar-refractivity contribution in [3.05, 3.63) is 10.6 Å². The van der Waals surface area contributed by atoms with Gasteiger partial charge in [0.15, 0.2) is 5.13 Å². The molecule has 1 atom stereocenters. The first kappa shape index (κ1) is 15.4. The maximum atomic E-state index is 12.0. The molecule has 0 aromatic carbocycles. The average Bonchev–Trinajstić information content (AvgIpc) is 2.78. The van der Waals surface area contributed by atoms with Crippen molar-refractivity contribution in [1.82, 2.24) is 9.88 Å². The van der Waals surface area contributed by atoms with E-state index in [1.165, 1.54) is 4.88 Å². The molecule has 2 rings (SSSR count). The zero-order valence-electron chi connectivity index (χ0n) is 12.5. The number of hydrogen-bond donors (Lipinski definition) is 2. The van der Waals surface area contributed by atoms with Crippen LogP contribution in [0, 0.1) is 5.92 Å². The number of nitrogens with two attached hydrogens (primary N) is 1. The molecule has 1 aliphatic rings. The van der Waals surface area contributed by atoms with Gasteiger partial charge in [0.25, 0.3) is 0 Å². The van der Waals surface area contributed by atoms with Crippen LogP contribution in [0.25, 0.3) is 0 Å². The minimum absolute atomic E-state index is 0.128. The third-order valence-electron chi connectivity index (χ3n) is 3.55. The van der Waals surface area contributed by atoms with Crippen LogP contribution in [0.1, 0.15) is 37.8 Å². The van der Waals surface area contributed by atoms with Crippen molar-refractivity contribution in [3.8, 4) is 0 Å². The lowest BCUT2D eigenvalue weighted by Gasteiger charge is -2.23. The standard InChI is InChI=1S/C14H24N4OS/c1-4-18-6-5-11-12(8-18)20-14(16-11)17-13(19)10(15)7-9(2)3/h9-10H,4-8,15H2,1-3H3,(H,16,17,19)/t10-/m0/s1. The summed E-state index contributed by atoms with van der Waals surface area (Å²) in [5, 5.41) is 3.55. The van der Waals surface area contributed by atoms with Crippen molar-refractivity contribution in [2.24, 2.45) is 11.7 Å². The predicted molar refractivity (Wildman–Crippen MR) is 82.8 cm³/mol. The zero-order chi connectivity index (χ0) is 14.7. The molecule has 1 amide bonds. The van der Waals surface area contributed by atoms with Crippen molar-refractivity contribution < 1.29 is 4.79 Å². The number of aromatic nitrogens is 1. The second-order valence-corrected chi connectivity index (χ2v) is 6.82. The summed E-state index contributed by atoms with van der Waals surface area (Å²) in [6.45, 7) is 9.34. The number of thiazole rings is 1. The summed E-state index contributed by atoms with van der Waals surface area (Å²) in [5.41, 5.74) is 7.02. The molecule has 0 aliphatic carbocycles. The summed E-state index contributed by atoms with van der Waals surface area (Å²) in [5.74, 6) is 0.288. The normalized spacial score (nSPS) is 17.1. The van der Waals surface area contributed by atoms with Crippen molar-refractivity contribution in [2.45, 2.75) is 46.2 Å². The summed E-state index contributed by atoms with van der Waals surface area (Å²) >= 11 is 1.58. The molecule has 5 nitrogen and oxygen atoms in total. The number of amides is 1. The molecular formula is C14H24N4OS. The highest BCUT2D eigenvalue weighted by molar-refractivity contribution is 7.15. The van der Waals surface area contributed by atoms with Gasteiger partial charge >= 0.3 is 0 Å². The van der Waals surface area contributed by atoms with E-state index < -0.39 is 6.04 Å². The van der Waals surface area contributed by atoms with Gasteiger partial charge in [0.1, 0.15) is 0 Å². The van der Waals surface area contributed by atoms with Crippen LogP contribution in [0.2, 0.25) is 0 Å². The molecule has 0 radical (unpaired) electrons. The van der Waals surface area contributed by atoms with Crippen LogP contribution in [0.3, 0.4) is 0 Å². The summed E-state index contributed by atoms with van der Waals surface area (Å²) < 4.78 is 0. The Hall–Kier alpha value is -0.980. The van der Waals surface area contributed by atoms with Crippen molar-refractivity contribution in [1.29, 1.82) is 0 Å². The van der Waals surface area contributed by atoms with E-state index in [0.29, 0.717) is 17.5 Å². The quantitative estimate of drug-likeness (QED) is 0.869. The van der Waals surface area contributed by atoms with Gasteiger partial charge < -0.3 is 11.1 Å². The van der Waals surface area contributed by atoms with Crippen LogP contribution in [0.5, 0.6) is 0 Å². The van der Waals surface area contributed by atoms with Gasteiger partial charge in [-0.05, 0) is 18.9 Å². The van der Waals surface area contributed by atoms with Crippen molar-refractivity contribution >= 4 is 22.4 Å². The maximum Gasteiger partial charge on any atom is 0.243 e. The molecule has 1 aliphatic heterocycles.